The van der Waals surface area contributed by atoms with Gasteiger partial charge in [0.25, 0.3) is 0 Å². The highest BCUT2D eigenvalue weighted by atomic mass is 16.2. The Bertz CT molecular complexity index is 427. The Morgan fingerprint density at radius 3 is 2.70 bits per heavy atom. The molecule has 2 fully saturated rings. The molecule has 0 spiro atoms. The first kappa shape index (κ1) is 18.0. The highest BCUT2D eigenvalue weighted by Crippen LogP contribution is 2.21. The lowest BCUT2D eigenvalue weighted by atomic mass is 9.94. The largest absolute Gasteiger partial charge is 0.338 e. The average Bonchev–Trinajstić information content (AvgIpc) is 2.54. The molecule has 2 N–H and O–H groups in total. The molecule has 0 saturated carbocycles. The summed E-state index contributed by atoms with van der Waals surface area (Å²) in [7, 11) is 0. The van der Waals surface area contributed by atoms with Crippen LogP contribution in [0.3, 0.4) is 0 Å². The van der Waals surface area contributed by atoms with Gasteiger partial charge in [-0.05, 0) is 32.6 Å². The van der Waals surface area contributed by atoms with Crippen LogP contribution in [0.1, 0.15) is 40.5 Å². The van der Waals surface area contributed by atoms with E-state index in [1.54, 1.807) is 0 Å². The molecular formula is C17H32N4O2. The lowest BCUT2D eigenvalue weighted by Gasteiger charge is -2.42. The third-order valence-electron chi connectivity index (χ3n) is 5.04. The van der Waals surface area contributed by atoms with Gasteiger partial charge in [0.05, 0.1) is 5.92 Å². The number of rotatable bonds is 3. The summed E-state index contributed by atoms with van der Waals surface area (Å²) in [6, 6.07) is 0.501. The van der Waals surface area contributed by atoms with Crippen molar-refractivity contribution in [1.82, 2.24) is 20.4 Å². The second-order valence-electron chi connectivity index (χ2n) is 7.38. The molecule has 2 saturated heterocycles. The smallest absolute Gasteiger partial charge is 0.317 e. The predicted molar refractivity (Wildman–Crippen MR) is 91.2 cm³/mol. The second kappa shape index (κ2) is 7.99. The molecule has 3 unspecified atom stereocenters. The van der Waals surface area contributed by atoms with Gasteiger partial charge >= 0.3 is 6.03 Å². The van der Waals surface area contributed by atoms with Gasteiger partial charge in [0, 0.05) is 44.8 Å². The van der Waals surface area contributed by atoms with Gasteiger partial charge in [-0.3, -0.25) is 4.79 Å². The molecule has 2 heterocycles. The van der Waals surface area contributed by atoms with Crippen molar-refractivity contribution in [2.45, 2.75) is 52.6 Å². The molecule has 0 aromatic heterocycles. The second-order valence-corrected chi connectivity index (χ2v) is 7.38. The van der Waals surface area contributed by atoms with Crippen molar-refractivity contribution in [3.8, 4) is 0 Å². The van der Waals surface area contributed by atoms with Crippen LogP contribution in [0.4, 0.5) is 4.79 Å². The zero-order valence-corrected chi connectivity index (χ0v) is 15.0. The molecule has 0 aliphatic carbocycles. The molecule has 6 nitrogen and oxygen atoms in total. The molecule has 3 atom stereocenters. The number of hydrogen-bond donors (Lipinski definition) is 2. The van der Waals surface area contributed by atoms with E-state index in [2.05, 4.69) is 38.3 Å². The molecule has 6 heteroatoms. The maximum absolute atomic E-state index is 12.9. The Labute approximate surface area is 140 Å². The minimum Gasteiger partial charge on any atom is -0.338 e. The number of carbonyl (C=O) groups excluding carboxylic acids is 2. The normalized spacial score (nSPS) is 28.8. The number of likely N-dealkylation sites (tertiary alicyclic amines) is 1. The Balaban J connectivity index is 1.92. The Kier molecular flexibility index (Phi) is 6.27. The zero-order valence-electron chi connectivity index (χ0n) is 15.0. The van der Waals surface area contributed by atoms with Crippen molar-refractivity contribution in [1.29, 1.82) is 0 Å². The fourth-order valence-electron chi connectivity index (χ4n) is 3.37. The minimum absolute atomic E-state index is 0.0297. The van der Waals surface area contributed by atoms with Gasteiger partial charge in [0.2, 0.25) is 5.91 Å². The summed E-state index contributed by atoms with van der Waals surface area (Å²) in [5.41, 5.74) is 0. The van der Waals surface area contributed by atoms with Crippen LogP contribution in [-0.2, 0) is 4.79 Å². The molecular weight excluding hydrogens is 292 g/mol. The number of urea groups is 1. The first-order chi connectivity index (χ1) is 10.9. The van der Waals surface area contributed by atoms with Crippen LogP contribution < -0.4 is 10.6 Å². The van der Waals surface area contributed by atoms with E-state index in [4.69, 9.17) is 0 Å². The van der Waals surface area contributed by atoms with E-state index in [-0.39, 0.29) is 23.9 Å². The molecule has 2 aliphatic rings. The Morgan fingerprint density at radius 2 is 2.00 bits per heavy atom. The third kappa shape index (κ3) is 4.59. The summed E-state index contributed by atoms with van der Waals surface area (Å²) in [5.74, 6) is 0.595. The van der Waals surface area contributed by atoms with E-state index in [1.165, 1.54) is 0 Å². The topological polar surface area (TPSA) is 64.7 Å². The van der Waals surface area contributed by atoms with Crippen LogP contribution >= 0.6 is 0 Å². The van der Waals surface area contributed by atoms with Gasteiger partial charge in [-0.15, -0.1) is 0 Å². The third-order valence-corrected chi connectivity index (χ3v) is 5.04. The lowest BCUT2D eigenvalue weighted by Crippen LogP contribution is -2.59. The van der Waals surface area contributed by atoms with Gasteiger partial charge in [-0.2, -0.15) is 0 Å². The van der Waals surface area contributed by atoms with Crippen LogP contribution in [0.5, 0.6) is 0 Å². The van der Waals surface area contributed by atoms with E-state index < -0.39 is 0 Å². The molecule has 2 rings (SSSR count). The molecule has 0 aromatic rings. The Hall–Kier alpha value is -1.30. The fraction of sp³-hybridized carbons (Fsp3) is 0.882. The van der Waals surface area contributed by atoms with Gasteiger partial charge in [-0.1, -0.05) is 13.8 Å². The van der Waals surface area contributed by atoms with E-state index in [0.717, 1.165) is 32.5 Å². The first-order valence-electron chi connectivity index (χ1n) is 8.96. The van der Waals surface area contributed by atoms with Gasteiger partial charge in [0.1, 0.15) is 0 Å². The number of amides is 3. The summed E-state index contributed by atoms with van der Waals surface area (Å²) < 4.78 is 0. The summed E-state index contributed by atoms with van der Waals surface area (Å²) in [6.45, 7) is 12.0. The standard InChI is InChI=1S/C17H32N4O2/c1-12(2)10-19-17(23)20-8-5-6-15(11-20)16(22)21-9-7-18-13(3)14(21)4/h12-15,18H,5-11H2,1-4H3,(H,19,23). The maximum Gasteiger partial charge on any atom is 0.317 e. The van der Waals surface area contributed by atoms with Crippen LogP contribution in [-0.4, -0.2) is 66.5 Å². The number of carbonyl (C=O) groups is 2. The molecule has 0 bridgehead atoms. The number of hydrogen-bond acceptors (Lipinski definition) is 3. The van der Waals surface area contributed by atoms with Crippen molar-refractivity contribution in [2.75, 3.05) is 32.7 Å². The first-order valence-corrected chi connectivity index (χ1v) is 8.96. The van der Waals surface area contributed by atoms with Crippen molar-refractivity contribution < 1.29 is 9.59 Å². The molecule has 2 aliphatic heterocycles. The molecule has 0 radical (unpaired) electrons. The van der Waals surface area contributed by atoms with Crippen LogP contribution in [0, 0.1) is 11.8 Å². The zero-order chi connectivity index (χ0) is 17.0. The van der Waals surface area contributed by atoms with Gasteiger partial charge < -0.3 is 20.4 Å². The SMILES string of the molecule is CC(C)CNC(=O)N1CCCC(C(=O)N2CCNC(C)C2C)C1. The van der Waals surface area contributed by atoms with Crippen molar-refractivity contribution in [3.05, 3.63) is 0 Å². The van der Waals surface area contributed by atoms with Crippen molar-refractivity contribution >= 4 is 11.9 Å². The van der Waals surface area contributed by atoms with Crippen LogP contribution in [0.2, 0.25) is 0 Å². The summed E-state index contributed by atoms with van der Waals surface area (Å²) in [6.07, 6.45) is 1.79. The lowest BCUT2D eigenvalue weighted by molar-refractivity contribution is -0.140. The minimum atomic E-state index is -0.0544. The highest BCUT2D eigenvalue weighted by Gasteiger charge is 2.35. The van der Waals surface area contributed by atoms with Crippen molar-refractivity contribution in [3.63, 3.8) is 0 Å². The highest BCUT2D eigenvalue weighted by molar-refractivity contribution is 5.81. The van der Waals surface area contributed by atoms with Gasteiger partial charge in [-0.25, -0.2) is 4.79 Å². The maximum atomic E-state index is 12.9. The van der Waals surface area contributed by atoms with E-state index in [0.29, 0.717) is 25.0 Å². The van der Waals surface area contributed by atoms with Crippen LogP contribution in [0.15, 0.2) is 0 Å². The number of nitrogens with zero attached hydrogens (tertiary/aromatic N) is 2. The molecule has 3 amide bonds. The van der Waals surface area contributed by atoms with E-state index in [9.17, 15) is 9.59 Å². The quantitative estimate of drug-likeness (QED) is 0.822. The average molecular weight is 324 g/mol. The summed E-state index contributed by atoms with van der Waals surface area (Å²) in [4.78, 5) is 28.9. The summed E-state index contributed by atoms with van der Waals surface area (Å²) in [5, 5.41) is 6.36. The fourth-order valence-corrected chi connectivity index (χ4v) is 3.37. The predicted octanol–water partition coefficient (Wildman–Crippen LogP) is 1.27. The number of nitrogens with one attached hydrogen (secondary N) is 2. The molecule has 0 aromatic carbocycles. The van der Waals surface area contributed by atoms with E-state index in [1.807, 2.05) is 9.80 Å². The monoisotopic (exact) mass is 324 g/mol. The number of piperidine rings is 1. The Morgan fingerprint density at radius 1 is 1.26 bits per heavy atom. The number of piperazine rings is 1. The van der Waals surface area contributed by atoms with Crippen molar-refractivity contribution in [2.24, 2.45) is 11.8 Å². The summed E-state index contributed by atoms with van der Waals surface area (Å²) >= 11 is 0. The molecule has 23 heavy (non-hydrogen) atoms. The molecule has 132 valence electrons. The van der Waals surface area contributed by atoms with Gasteiger partial charge in [0.15, 0.2) is 0 Å². The van der Waals surface area contributed by atoms with E-state index >= 15 is 0 Å². The van der Waals surface area contributed by atoms with Crippen LogP contribution in [0.25, 0.3) is 0 Å².